The summed E-state index contributed by atoms with van der Waals surface area (Å²) in [6.45, 7) is 2.04. The van der Waals surface area contributed by atoms with Gasteiger partial charge in [0.2, 0.25) is 0 Å². The molecule has 1 aromatic carbocycles. The fourth-order valence-corrected chi connectivity index (χ4v) is 1.40. The van der Waals surface area contributed by atoms with E-state index < -0.39 is 5.24 Å². The van der Waals surface area contributed by atoms with Crippen LogP contribution in [0.25, 0.3) is 5.76 Å². The van der Waals surface area contributed by atoms with Gasteiger partial charge in [0.25, 0.3) is 5.24 Å². The Balaban J connectivity index is 2.97. The van der Waals surface area contributed by atoms with Gasteiger partial charge in [0.15, 0.2) is 0 Å². The lowest BCUT2D eigenvalue weighted by molar-refractivity contribution is 0.108. The Morgan fingerprint density at radius 1 is 1.33 bits per heavy atom. The molecule has 1 rings (SSSR count). The van der Waals surface area contributed by atoms with Crippen LogP contribution in [0.1, 0.15) is 29.3 Å². The molecule has 0 atom stereocenters. The number of ether oxygens (including phenoxy) is 1. The first kappa shape index (κ1) is 11.8. The zero-order valence-electron chi connectivity index (χ0n) is 8.79. The van der Waals surface area contributed by atoms with E-state index in [2.05, 4.69) is 0 Å². The van der Waals surface area contributed by atoms with E-state index in [9.17, 15) is 4.79 Å². The van der Waals surface area contributed by atoms with Gasteiger partial charge in [0, 0.05) is 11.1 Å². The van der Waals surface area contributed by atoms with Crippen molar-refractivity contribution in [2.24, 2.45) is 0 Å². The number of hydrogen-bond acceptors (Lipinski definition) is 2. The predicted octanol–water partition coefficient (Wildman–Crippen LogP) is 3.46. The highest BCUT2D eigenvalue weighted by molar-refractivity contribution is 6.67. The second-order valence-electron chi connectivity index (χ2n) is 3.03. The lowest BCUT2D eigenvalue weighted by Crippen LogP contribution is -1.91. The van der Waals surface area contributed by atoms with Gasteiger partial charge >= 0.3 is 0 Å². The average Bonchev–Trinajstić information content (AvgIpc) is 2.26. The predicted molar refractivity (Wildman–Crippen MR) is 61.9 cm³/mol. The second-order valence-corrected chi connectivity index (χ2v) is 3.38. The van der Waals surface area contributed by atoms with E-state index in [-0.39, 0.29) is 0 Å². The van der Waals surface area contributed by atoms with Gasteiger partial charge in [0.1, 0.15) is 5.76 Å². The molecule has 80 valence electrons. The van der Waals surface area contributed by atoms with Crippen molar-refractivity contribution < 1.29 is 9.53 Å². The van der Waals surface area contributed by atoms with Crippen molar-refractivity contribution in [3.8, 4) is 0 Å². The Hall–Kier alpha value is -1.28. The van der Waals surface area contributed by atoms with Crippen LogP contribution in [0, 0.1) is 0 Å². The van der Waals surface area contributed by atoms with Gasteiger partial charge in [-0.15, -0.1) is 0 Å². The molecule has 0 saturated carbocycles. The summed E-state index contributed by atoms with van der Waals surface area (Å²) in [6, 6.07) is 7.02. The van der Waals surface area contributed by atoms with Crippen LogP contribution in [0.15, 0.2) is 30.3 Å². The third-order valence-corrected chi connectivity index (χ3v) is 2.22. The van der Waals surface area contributed by atoms with Crippen LogP contribution in [-0.2, 0) is 4.74 Å². The van der Waals surface area contributed by atoms with Gasteiger partial charge in [-0.3, -0.25) is 4.79 Å². The first-order chi connectivity index (χ1) is 7.19. The van der Waals surface area contributed by atoms with E-state index in [0.29, 0.717) is 5.56 Å². The van der Waals surface area contributed by atoms with Crippen LogP contribution in [0.4, 0.5) is 0 Å². The van der Waals surface area contributed by atoms with Crippen molar-refractivity contribution in [2.75, 3.05) is 7.11 Å². The molecule has 0 aliphatic heterocycles. The minimum Gasteiger partial charge on any atom is -0.496 e. The van der Waals surface area contributed by atoms with Crippen LogP contribution >= 0.6 is 11.6 Å². The molecule has 0 unspecified atom stereocenters. The summed E-state index contributed by atoms with van der Waals surface area (Å²) in [6.07, 6.45) is 2.89. The topological polar surface area (TPSA) is 26.3 Å². The largest absolute Gasteiger partial charge is 0.496 e. The third kappa shape index (κ3) is 3.10. The first-order valence-electron chi connectivity index (χ1n) is 4.73. The summed E-state index contributed by atoms with van der Waals surface area (Å²) >= 11 is 5.35. The number of halogens is 1. The van der Waals surface area contributed by atoms with E-state index in [1.165, 1.54) is 0 Å². The highest BCUT2D eigenvalue weighted by Gasteiger charge is 2.03. The fraction of sp³-hybridized carbons (Fsp3) is 0.250. The lowest BCUT2D eigenvalue weighted by Gasteiger charge is -2.06. The van der Waals surface area contributed by atoms with Crippen LogP contribution in [0.5, 0.6) is 0 Å². The van der Waals surface area contributed by atoms with Crippen molar-refractivity contribution in [1.82, 2.24) is 0 Å². The van der Waals surface area contributed by atoms with Crippen molar-refractivity contribution in [2.45, 2.75) is 13.3 Å². The molecule has 0 saturated heterocycles. The smallest absolute Gasteiger partial charge is 0.252 e. The molecule has 0 amide bonds. The summed E-state index contributed by atoms with van der Waals surface area (Å²) < 4.78 is 5.22. The number of methoxy groups -OCH3 is 1. The molecule has 0 radical (unpaired) electrons. The van der Waals surface area contributed by atoms with E-state index in [0.717, 1.165) is 17.7 Å². The quantitative estimate of drug-likeness (QED) is 0.578. The molecule has 0 fully saturated rings. The Morgan fingerprint density at radius 3 is 2.27 bits per heavy atom. The summed E-state index contributed by atoms with van der Waals surface area (Å²) in [7, 11) is 1.63. The number of carbonyl (C=O) groups excluding carboxylic acids is 1. The molecule has 0 heterocycles. The van der Waals surface area contributed by atoms with Crippen molar-refractivity contribution in [3.63, 3.8) is 0 Å². The molecule has 0 N–H and O–H groups in total. The maximum atomic E-state index is 10.8. The zero-order valence-corrected chi connectivity index (χ0v) is 9.54. The summed E-state index contributed by atoms with van der Waals surface area (Å²) in [4.78, 5) is 10.8. The molecule has 0 bridgehead atoms. The summed E-state index contributed by atoms with van der Waals surface area (Å²) in [5, 5.41) is -0.444. The molecule has 2 nitrogen and oxygen atoms in total. The van der Waals surface area contributed by atoms with Crippen molar-refractivity contribution in [3.05, 3.63) is 41.5 Å². The van der Waals surface area contributed by atoms with Gasteiger partial charge in [0.05, 0.1) is 7.11 Å². The SMILES string of the molecule is CC/C=C(/OC)c1ccc(C(=O)Cl)cc1. The average molecular weight is 225 g/mol. The minimum atomic E-state index is -0.444. The maximum absolute atomic E-state index is 10.8. The number of carbonyl (C=O) groups is 1. The van der Waals surface area contributed by atoms with Crippen molar-refractivity contribution >= 4 is 22.6 Å². The Kier molecular flexibility index (Phi) is 4.37. The van der Waals surface area contributed by atoms with Crippen LogP contribution in [-0.4, -0.2) is 12.4 Å². The van der Waals surface area contributed by atoms with Gasteiger partial charge < -0.3 is 4.74 Å². The van der Waals surface area contributed by atoms with Crippen molar-refractivity contribution in [1.29, 1.82) is 0 Å². The monoisotopic (exact) mass is 224 g/mol. The highest BCUT2D eigenvalue weighted by atomic mass is 35.5. The molecule has 1 aromatic rings. The van der Waals surface area contributed by atoms with Crippen LogP contribution < -0.4 is 0 Å². The number of rotatable bonds is 4. The normalized spacial score (nSPS) is 11.3. The second kappa shape index (κ2) is 5.56. The number of allylic oxidation sites excluding steroid dienone is 1. The molecule has 0 aliphatic rings. The Morgan fingerprint density at radius 2 is 1.87 bits per heavy atom. The zero-order chi connectivity index (χ0) is 11.3. The molecule has 0 aliphatic carbocycles. The lowest BCUT2D eigenvalue weighted by atomic mass is 10.1. The Bertz CT molecular complexity index is 366. The van der Waals surface area contributed by atoms with Crippen LogP contribution in [0.2, 0.25) is 0 Å². The summed E-state index contributed by atoms with van der Waals surface area (Å²) in [5.74, 6) is 0.811. The van der Waals surface area contributed by atoms with E-state index >= 15 is 0 Å². The number of benzene rings is 1. The summed E-state index contributed by atoms with van der Waals surface area (Å²) in [5.41, 5.74) is 1.44. The van der Waals surface area contributed by atoms with Gasteiger partial charge in [-0.05, 0) is 36.2 Å². The standard InChI is InChI=1S/C12H13ClO2/c1-3-4-11(15-2)9-5-7-10(8-6-9)12(13)14/h4-8H,3H2,1-2H3/b11-4+. The van der Waals surface area contributed by atoms with E-state index in [1.807, 2.05) is 25.1 Å². The van der Waals surface area contributed by atoms with Gasteiger partial charge in [-0.1, -0.05) is 19.1 Å². The molecule has 3 heteroatoms. The van der Waals surface area contributed by atoms with E-state index in [4.69, 9.17) is 16.3 Å². The molecular formula is C12H13ClO2. The van der Waals surface area contributed by atoms with Crippen LogP contribution in [0.3, 0.4) is 0 Å². The van der Waals surface area contributed by atoms with Gasteiger partial charge in [-0.25, -0.2) is 0 Å². The molecule has 0 spiro atoms. The van der Waals surface area contributed by atoms with E-state index in [1.54, 1.807) is 19.2 Å². The number of hydrogen-bond donors (Lipinski definition) is 0. The highest BCUT2D eigenvalue weighted by Crippen LogP contribution is 2.17. The van der Waals surface area contributed by atoms with Gasteiger partial charge in [-0.2, -0.15) is 0 Å². The molecule has 0 aromatic heterocycles. The first-order valence-corrected chi connectivity index (χ1v) is 5.11. The minimum absolute atomic E-state index is 0.444. The third-order valence-electron chi connectivity index (χ3n) is 2.01. The fourth-order valence-electron chi connectivity index (χ4n) is 1.27. The maximum Gasteiger partial charge on any atom is 0.252 e. The molecule has 15 heavy (non-hydrogen) atoms. The molecular weight excluding hydrogens is 212 g/mol. The Labute approximate surface area is 94.5 Å².